The van der Waals surface area contributed by atoms with Gasteiger partial charge in [0.25, 0.3) is 0 Å². The molecule has 0 spiro atoms. The maximum Gasteiger partial charge on any atom is 0.321 e. The second-order valence-corrected chi connectivity index (χ2v) is 7.78. The van der Waals surface area contributed by atoms with Gasteiger partial charge in [0.2, 0.25) is 0 Å². The predicted octanol–water partition coefficient (Wildman–Crippen LogP) is 4.94. The van der Waals surface area contributed by atoms with Crippen molar-refractivity contribution in [1.29, 1.82) is 0 Å². The Labute approximate surface area is 163 Å². The van der Waals surface area contributed by atoms with Crippen LogP contribution >= 0.6 is 0 Å². The molecular weight excluding hydrogens is 334 g/mol. The minimum absolute atomic E-state index is 0.00962. The van der Waals surface area contributed by atoms with Crippen LogP contribution in [0.3, 0.4) is 0 Å². The van der Waals surface area contributed by atoms with Crippen LogP contribution in [-0.4, -0.2) is 42.0 Å². The van der Waals surface area contributed by atoms with Crippen molar-refractivity contribution in [1.82, 2.24) is 9.80 Å². The number of nitrogens with zero attached hydrogens (tertiary/aromatic N) is 2. The summed E-state index contributed by atoms with van der Waals surface area (Å²) in [7, 11) is 1.92. The van der Waals surface area contributed by atoms with Crippen LogP contribution < -0.4 is 5.32 Å². The molecule has 2 amide bonds. The van der Waals surface area contributed by atoms with Crippen LogP contribution in [0.2, 0.25) is 0 Å². The van der Waals surface area contributed by atoms with E-state index in [4.69, 9.17) is 0 Å². The zero-order valence-corrected chi connectivity index (χ0v) is 16.7. The fourth-order valence-corrected chi connectivity index (χ4v) is 3.79. The Balaban J connectivity index is 1.53. The lowest BCUT2D eigenvalue weighted by molar-refractivity contribution is 0.137. The van der Waals surface area contributed by atoms with Crippen LogP contribution in [0.5, 0.6) is 0 Å². The van der Waals surface area contributed by atoms with E-state index < -0.39 is 0 Å². The highest BCUT2D eigenvalue weighted by Gasteiger charge is 2.25. The van der Waals surface area contributed by atoms with Crippen molar-refractivity contribution in [2.75, 3.05) is 25.5 Å². The van der Waals surface area contributed by atoms with E-state index in [-0.39, 0.29) is 6.03 Å². The minimum atomic E-state index is -0.00962. The largest absolute Gasteiger partial charge is 0.325 e. The SMILES string of the molecule is CC(C)c1ccccc1NC(=O)N(C)C1CCN(Cc2ccccc2)CC1. The molecule has 0 atom stereocenters. The van der Waals surface area contributed by atoms with Crippen molar-refractivity contribution in [2.45, 2.75) is 45.2 Å². The molecule has 1 fully saturated rings. The van der Waals surface area contributed by atoms with Gasteiger partial charge in [0.15, 0.2) is 0 Å². The Morgan fingerprint density at radius 2 is 1.70 bits per heavy atom. The molecule has 4 nitrogen and oxygen atoms in total. The van der Waals surface area contributed by atoms with Crippen LogP contribution in [-0.2, 0) is 6.54 Å². The van der Waals surface area contributed by atoms with Crippen LogP contribution in [0.1, 0.15) is 43.7 Å². The van der Waals surface area contributed by atoms with E-state index in [2.05, 4.69) is 60.5 Å². The van der Waals surface area contributed by atoms with Gasteiger partial charge in [0.1, 0.15) is 0 Å². The summed E-state index contributed by atoms with van der Waals surface area (Å²) >= 11 is 0. The quantitative estimate of drug-likeness (QED) is 0.815. The van der Waals surface area contributed by atoms with Crippen molar-refractivity contribution in [3.63, 3.8) is 0 Å². The highest BCUT2D eigenvalue weighted by atomic mass is 16.2. The van der Waals surface area contributed by atoms with Gasteiger partial charge < -0.3 is 10.2 Å². The van der Waals surface area contributed by atoms with Gasteiger partial charge in [-0.3, -0.25) is 4.90 Å². The lowest BCUT2D eigenvalue weighted by Gasteiger charge is -2.36. The van der Waals surface area contributed by atoms with Crippen molar-refractivity contribution in [3.05, 3.63) is 65.7 Å². The van der Waals surface area contributed by atoms with Gasteiger partial charge in [-0.15, -0.1) is 0 Å². The predicted molar refractivity (Wildman–Crippen MR) is 112 cm³/mol. The number of benzene rings is 2. The summed E-state index contributed by atoms with van der Waals surface area (Å²) in [5, 5.41) is 3.11. The van der Waals surface area contributed by atoms with Crippen LogP contribution in [0.15, 0.2) is 54.6 Å². The van der Waals surface area contributed by atoms with Gasteiger partial charge >= 0.3 is 6.03 Å². The molecule has 0 aromatic heterocycles. The summed E-state index contributed by atoms with van der Waals surface area (Å²) in [6.07, 6.45) is 2.03. The maximum atomic E-state index is 12.8. The summed E-state index contributed by atoms with van der Waals surface area (Å²) in [6.45, 7) is 7.35. The van der Waals surface area contributed by atoms with E-state index >= 15 is 0 Å². The minimum Gasteiger partial charge on any atom is -0.325 e. The summed E-state index contributed by atoms with van der Waals surface area (Å²) in [4.78, 5) is 17.1. The number of rotatable bonds is 5. The average molecular weight is 366 g/mol. The number of para-hydroxylation sites is 1. The van der Waals surface area contributed by atoms with Gasteiger partial charge in [-0.25, -0.2) is 4.79 Å². The number of carbonyl (C=O) groups excluding carboxylic acids is 1. The maximum absolute atomic E-state index is 12.8. The number of hydrogen-bond acceptors (Lipinski definition) is 2. The Bertz CT molecular complexity index is 736. The van der Waals surface area contributed by atoms with Crippen LogP contribution in [0.4, 0.5) is 10.5 Å². The Morgan fingerprint density at radius 1 is 1.07 bits per heavy atom. The normalized spacial score (nSPS) is 15.7. The third-order valence-corrected chi connectivity index (χ3v) is 5.50. The number of carbonyl (C=O) groups is 1. The third-order valence-electron chi connectivity index (χ3n) is 5.50. The number of anilines is 1. The third kappa shape index (κ3) is 5.10. The lowest BCUT2D eigenvalue weighted by Crippen LogP contribution is -2.46. The molecule has 1 aliphatic heterocycles. The molecule has 27 heavy (non-hydrogen) atoms. The van der Waals surface area contributed by atoms with Crippen molar-refractivity contribution < 1.29 is 4.79 Å². The number of piperidine rings is 1. The highest BCUT2D eigenvalue weighted by Crippen LogP contribution is 2.25. The van der Waals surface area contributed by atoms with Crippen molar-refractivity contribution in [2.24, 2.45) is 0 Å². The molecule has 0 radical (unpaired) electrons. The molecule has 2 aromatic carbocycles. The van der Waals surface area contributed by atoms with Gasteiger partial charge in [0.05, 0.1) is 0 Å². The van der Waals surface area contributed by atoms with Crippen molar-refractivity contribution in [3.8, 4) is 0 Å². The highest BCUT2D eigenvalue weighted by molar-refractivity contribution is 5.90. The number of likely N-dealkylation sites (tertiary alicyclic amines) is 1. The molecule has 4 heteroatoms. The second-order valence-electron chi connectivity index (χ2n) is 7.78. The zero-order valence-electron chi connectivity index (χ0n) is 16.7. The number of nitrogens with one attached hydrogen (secondary N) is 1. The first-order chi connectivity index (χ1) is 13.0. The lowest BCUT2D eigenvalue weighted by atomic mass is 10.0. The molecule has 0 unspecified atom stereocenters. The van der Waals surface area contributed by atoms with E-state index in [0.717, 1.165) is 38.2 Å². The first-order valence-electron chi connectivity index (χ1n) is 9.93. The van der Waals surface area contributed by atoms with Gasteiger partial charge in [0, 0.05) is 38.4 Å². The molecule has 0 bridgehead atoms. The van der Waals surface area contributed by atoms with E-state index in [1.54, 1.807) is 0 Å². The van der Waals surface area contributed by atoms with Gasteiger partial charge in [-0.1, -0.05) is 62.4 Å². The Morgan fingerprint density at radius 3 is 2.37 bits per heavy atom. The van der Waals surface area contributed by atoms with Crippen molar-refractivity contribution >= 4 is 11.7 Å². The molecule has 2 aromatic rings. The summed E-state index contributed by atoms with van der Waals surface area (Å²) in [5.74, 6) is 0.382. The van der Waals surface area contributed by atoms with Gasteiger partial charge in [-0.05, 0) is 36.0 Å². The summed E-state index contributed by atoms with van der Waals surface area (Å²) < 4.78 is 0. The first kappa shape index (κ1) is 19.4. The average Bonchev–Trinajstić information content (AvgIpc) is 2.69. The molecule has 0 aliphatic carbocycles. The molecule has 1 heterocycles. The molecule has 1 saturated heterocycles. The zero-order chi connectivity index (χ0) is 19.2. The summed E-state index contributed by atoms with van der Waals surface area (Å²) in [6, 6.07) is 19.0. The van der Waals surface area contributed by atoms with Crippen LogP contribution in [0.25, 0.3) is 0 Å². The fraction of sp³-hybridized carbons (Fsp3) is 0.435. The molecule has 0 saturated carbocycles. The number of amides is 2. The molecular formula is C23H31N3O. The van der Waals surface area contributed by atoms with E-state index in [0.29, 0.717) is 12.0 Å². The molecule has 1 aliphatic rings. The first-order valence-corrected chi connectivity index (χ1v) is 9.93. The number of hydrogen-bond donors (Lipinski definition) is 1. The van der Waals surface area contributed by atoms with Crippen LogP contribution in [0, 0.1) is 0 Å². The van der Waals surface area contributed by atoms with E-state index in [1.165, 1.54) is 11.1 Å². The standard InChI is InChI=1S/C23H31N3O/c1-18(2)21-11-7-8-12-22(21)24-23(27)25(3)20-13-15-26(16-14-20)17-19-9-5-4-6-10-19/h4-12,18,20H,13-17H2,1-3H3,(H,24,27). The van der Waals surface area contributed by atoms with E-state index in [1.807, 2.05) is 30.1 Å². The molecule has 3 rings (SSSR count). The Kier molecular flexibility index (Phi) is 6.51. The topological polar surface area (TPSA) is 35.6 Å². The fourth-order valence-electron chi connectivity index (χ4n) is 3.79. The van der Waals surface area contributed by atoms with E-state index in [9.17, 15) is 4.79 Å². The Hall–Kier alpha value is -2.33. The number of urea groups is 1. The summed E-state index contributed by atoms with van der Waals surface area (Å²) in [5.41, 5.74) is 3.45. The van der Waals surface area contributed by atoms with Gasteiger partial charge in [-0.2, -0.15) is 0 Å². The smallest absolute Gasteiger partial charge is 0.321 e. The molecule has 1 N–H and O–H groups in total. The molecule has 144 valence electrons. The monoisotopic (exact) mass is 365 g/mol. The second kappa shape index (κ2) is 9.05.